The van der Waals surface area contributed by atoms with Gasteiger partial charge in [-0.15, -0.1) is 12.4 Å². The van der Waals surface area contributed by atoms with Crippen LogP contribution in [0.5, 0.6) is 5.75 Å². The van der Waals surface area contributed by atoms with E-state index in [1.807, 2.05) is 32.0 Å². The molecule has 9 heteroatoms. The van der Waals surface area contributed by atoms with Crippen LogP contribution in [-0.4, -0.2) is 22.2 Å². The molecule has 0 saturated carbocycles. The van der Waals surface area contributed by atoms with Gasteiger partial charge in [-0.25, -0.2) is 0 Å². The van der Waals surface area contributed by atoms with Crippen molar-refractivity contribution in [3.63, 3.8) is 0 Å². The molecule has 0 radical (unpaired) electrons. The number of carbonyl (C=O) groups is 1. The van der Waals surface area contributed by atoms with Crippen LogP contribution in [0.2, 0.25) is 0 Å². The van der Waals surface area contributed by atoms with Gasteiger partial charge in [0, 0.05) is 11.6 Å². The Hall–Kier alpha value is -2.76. The molecule has 1 aromatic heterocycles. The van der Waals surface area contributed by atoms with Crippen molar-refractivity contribution < 1.29 is 9.53 Å². The Morgan fingerprint density at radius 1 is 1.46 bits per heavy atom. The SMILES string of the molecule is CC(C)Oc1c(C#N)cnc2ccc(/C=C3\SC(=NN)NC3=O)cc12.Cl. The number of thioether (sulfide) groups is 1. The highest BCUT2D eigenvalue weighted by Crippen LogP contribution is 2.32. The number of fused-ring (bicyclic) bond motifs is 1. The van der Waals surface area contributed by atoms with E-state index in [4.69, 9.17) is 10.6 Å². The predicted molar refractivity (Wildman–Crippen MR) is 105 cm³/mol. The number of amidine groups is 1. The average Bonchev–Trinajstić information content (AvgIpc) is 2.95. The van der Waals surface area contributed by atoms with Crippen LogP contribution >= 0.6 is 24.2 Å². The molecule has 1 aromatic carbocycles. The Balaban J connectivity index is 0.00000243. The van der Waals surface area contributed by atoms with Gasteiger partial charge in [-0.2, -0.15) is 10.4 Å². The van der Waals surface area contributed by atoms with E-state index in [-0.39, 0.29) is 24.4 Å². The van der Waals surface area contributed by atoms with Gasteiger partial charge in [0.05, 0.1) is 16.5 Å². The van der Waals surface area contributed by atoms with Crippen molar-refractivity contribution in [1.82, 2.24) is 10.3 Å². The lowest BCUT2D eigenvalue weighted by Gasteiger charge is -2.14. The van der Waals surface area contributed by atoms with Crippen LogP contribution in [0.4, 0.5) is 0 Å². The zero-order valence-corrected chi connectivity index (χ0v) is 15.6. The minimum atomic E-state index is -0.253. The smallest absolute Gasteiger partial charge is 0.264 e. The van der Waals surface area contributed by atoms with Gasteiger partial charge < -0.3 is 10.6 Å². The number of benzene rings is 1. The molecule has 0 unspecified atom stereocenters. The zero-order chi connectivity index (χ0) is 18.0. The van der Waals surface area contributed by atoms with Gasteiger partial charge in [0.1, 0.15) is 17.4 Å². The Morgan fingerprint density at radius 3 is 2.85 bits per heavy atom. The summed E-state index contributed by atoms with van der Waals surface area (Å²) in [5.41, 5.74) is 1.87. The topological polar surface area (TPSA) is 113 Å². The minimum Gasteiger partial charge on any atom is -0.489 e. The minimum absolute atomic E-state index is 0. The Morgan fingerprint density at radius 2 is 2.23 bits per heavy atom. The summed E-state index contributed by atoms with van der Waals surface area (Å²) >= 11 is 1.17. The summed E-state index contributed by atoms with van der Waals surface area (Å²) < 4.78 is 5.83. The normalized spacial score (nSPS) is 16.6. The first-order valence-corrected chi connectivity index (χ1v) is 8.31. The molecule has 2 heterocycles. The van der Waals surface area contributed by atoms with E-state index < -0.39 is 0 Å². The molecule has 1 amide bonds. The number of nitrogens with two attached hydrogens (primary N) is 1. The number of hydrazone groups is 1. The number of pyridine rings is 1. The molecule has 1 fully saturated rings. The predicted octanol–water partition coefficient (Wildman–Crippen LogP) is 2.75. The lowest BCUT2D eigenvalue weighted by atomic mass is 10.1. The van der Waals surface area contributed by atoms with Crippen molar-refractivity contribution in [2.45, 2.75) is 20.0 Å². The van der Waals surface area contributed by atoms with Crippen molar-refractivity contribution in [2.24, 2.45) is 10.9 Å². The number of ether oxygens (including phenoxy) is 1. The van der Waals surface area contributed by atoms with Crippen LogP contribution in [0.25, 0.3) is 17.0 Å². The van der Waals surface area contributed by atoms with Crippen LogP contribution in [0.3, 0.4) is 0 Å². The third kappa shape index (κ3) is 3.90. The zero-order valence-electron chi connectivity index (χ0n) is 14.0. The highest BCUT2D eigenvalue weighted by atomic mass is 35.5. The molecule has 1 aliphatic heterocycles. The Kier molecular flexibility index (Phi) is 6.08. The number of nitriles is 1. The third-order valence-electron chi connectivity index (χ3n) is 3.38. The standard InChI is InChI=1S/C17H15N5O2S.ClH/c1-9(2)24-15-11(7-18)8-20-13-4-3-10(5-12(13)15)6-14-16(23)21-17(22-19)25-14;/h3-6,8-9H,19H2,1-2H3,(H,21,22,23);1H/b14-6-;. The molecule has 26 heavy (non-hydrogen) atoms. The van der Waals surface area contributed by atoms with E-state index in [2.05, 4.69) is 21.5 Å². The number of nitrogens with one attached hydrogen (secondary N) is 1. The summed E-state index contributed by atoms with van der Waals surface area (Å²) in [6.07, 6.45) is 3.15. The molecule has 0 atom stereocenters. The number of halogens is 1. The monoisotopic (exact) mass is 389 g/mol. The second-order valence-corrected chi connectivity index (χ2v) is 6.59. The lowest BCUT2D eigenvalue weighted by Crippen LogP contribution is -2.20. The highest BCUT2D eigenvalue weighted by Gasteiger charge is 2.23. The maximum atomic E-state index is 11.9. The number of amides is 1. The summed E-state index contributed by atoms with van der Waals surface area (Å²) in [4.78, 5) is 16.7. The van der Waals surface area contributed by atoms with Crippen molar-refractivity contribution in [3.05, 3.63) is 40.4 Å². The molecular formula is C17H16ClN5O2S. The van der Waals surface area contributed by atoms with Crippen molar-refractivity contribution in [2.75, 3.05) is 0 Å². The molecule has 0 aliphatic carbocycles. The van der Waals surface area contributed by atoms with Crippen molar-refractivity contribution in [1.29, 1.82) is 5.26 Å². The van der Waals surface area contributed by atoms with Crippen LogP contribution in [0.15, 0.2) is 34.4 Å². The molecule has 1 aliphatic rings. The molecule has 2 aromatic rings. The molecule has 3 N–H and O–H groups in total. The van der Waals surface area contributed by atoms with Gasteiger partial charge in [-0.05, 0) is 49.4 Å². The van der Waals surface area contributed by atoms with Crippen LogP contribution in [0.1, 0.15) is 25.0 Å². The summed E-state index contributed by atoms with van der Waals surface area (Å²) in [5.74, 6) is 5.44. The van der Waals surface area contributed by atoms with Crippen LogP contribution < -0.4 is 15.9 Å². The van der Waals surface area contributed by atoms with E-state index in [9.17, 15) is 10.1 Å². The van der Waals surface area contributed by atoms with Crippen LogP contribution in [-0.2, 0) is 4.79 Å². The molecule has 134 valence electrons. The fourth-order valence-electron chi connectivity index (χ4n) is 2.36. The molecule has 1 saturated heterocycles. The van der Waals surface area contributed by atoms with E-state index in [1.165, 1.54) is 18.0 Å². The first-order valence-electron chi connectivity index (χ1n) is 7.50. The summed E-state index contributed by atoms with van der Waals surface area (Å²) in [5, 5.41) is 16.5. The van der Waals surface area contributed by atoms with Gasteiger partial charge in [0.2, 0.25) is 0 Å². The molecule has 0 spiro atoms. The molecular weight excluding hydrogens is 374 g/mol. The van der Waals surface area contributed by atoms with Crippen molar-refractivity contribution in [3.8, 4) is 11.8 Å². The number of hydrogen-bond donors (Lipinski definition) is 2. The quantitative estimate of drug-likeness (QED) is 0.474. The fourth-order valence-corrected chi connectivity index (χ4v) is 3.10. The third-order valence-corrected chi connectivity index (χ3v) is 4.31. The number of nitrogens with zero attached hydrogens (tertiary/aromatic N) is 3. The summed E-state index contributed by atoms with van der Waals surface area (Å²) in [6, 6.07) is 7.62. The summed E-state index contributed by atoms with van der Waals surface area (Å²) in [6.45, 7) is 3.79. The van der Waals surface area contributed by atoms with E-state index >= 15 is 0 Å². The van der Waals surface area contributed by atoms with Gasteiger partial charge >= 0.3 is 0 Å². The second-order valence-electron chi connectivity index (χ2n) is 5.56. The molecule has 0 bridgehead atoms. The number of hydrogen-bond acceptors (Lipinski definition) is 7. The maximum Gasteiger partial charge on any atom is 0.264 e. The van der Waals surface area contributed by atoms with Gasteiger partial charge in [-0.3, -0.25) is 15.1 Å². The maximum absolute atomic E-state index is 11.9. The first-order chi connectivity index (χ1) is 12.0. The molecule has 3 rings (SSSR count). The first kappa shape index (κ1) is 19.6. The second kappa shape index (κ2) is 8.08. The van der Waals surface area contributed by atoms with E-state index in [0.29, 0.717) is 26.9 Å². The lowest BCUT2D eigenvalue weighted by molar-refractivity contribution is -0.115. The van der Waals surface area contributed by atoms with Gasteiger partial charge in [0.25, 0.3) is 5.91 Å². The Labute approximate surface area is 160 Å². The van der Waals surface area contributed by atoms with E-state index in [1.54, 1.807) is 6.08 Å². The van der Waals surface area contributed by atoms with Gasteiger partial charge in [0.15, 0.2) is 5.17 Å². The molecule has 7 nitrogen and oxygen atoms in total. The van der Waals surface area contributed by atoms with Gasteiger partial charge in [-0.1, -0.05) is 6.07 Å². The van der Waals surface area contributed by atoms with Crippen molar-refractivity contribution >= 4 is 52.2 Å². The average molecular weight is 390 g/mol. The largest absolute Gasteiger partial charge is 0.489 e. The number of carbonyl (C=O) groups excluding carboxylic acids is 1. The summed E-state index contributed by atoms with van der Waals surface area (Å²) in [7, 11) is 0. The van der Waals surface area contributed by atoms with Crippen LogP contribution in [0, 0.1) is 11.3 Å². The fraction of sp³-hybridized carbons (Fsp3) is 0.176. The highest BCUT2D eigenvalue weighted by molar-refractivity contribution is 8.18. The Bertz CT molecular complexity index is 966. The van der Waals surface area contributed by atoms with E-state index in [0.717, 1.165) is 10.9 Å². The number of rotatable bonds is 3. The number of aromatic nitrogens is 1.